The van der Waals surface area contributed by atoms with Gasteiger partial charge in [-0.25, -0.2) is 0 Å². The molecule has 1 fully saturated rings. The number of likely N-dealkylation sites (N-methyl/N-ethyl adjacent to an activating group) is 1. The largest absolute Gasteiger partial charge is 0.388 e. The normalized spacial score (nSPS) is 19.3. The maximum absolute atomic E-state index is 10.8. The van der Waals surface area contributed by atoms with Gasteiger partial charge >= 0.3 is 0 Å². The van der Waals surface area contributed by atoms with Crippen LogP contribution in [0.25, 0.3) is 5.57 Å². The molecule has 1 aliphatic carbocycles. The minimum atomic E-state index is -0.322. The van der Waals surface area contributed by atoms with Crippen LogP contribution in [0.5, 0.6) is 0 Å². The summed E-state index contributed by atoms with van der Waals surface area (Å²) in [5.74, 6) is 0.428. The Bertz CT molecular complexity index is 418. The van der Waals surface area contributed by atoms with Crippen molar-refractivity contribution in [2.45, 2.75) is 38.2 Å². The van der Waals surface area contributed by atoms with Gasteiger partial charge in [-0.15, -0.1) is 0 Å². The molecule has 1 aromatic carbocycles. The van der Waals surface area contributed by atoms with Crippen molar-refractivity contribution in [1.82, 2.24) is 4.90 Å². The molecule has 0 amide bonds. The van der Waals surface area contributed by atoms with Crippen molar-refractivity contribution in [1.29, 1.82) is 0 Å². The number of aliphatic hydroxyl groups is 1. The summed E-state index contributed by atoms with van der Waals surface area (Å²) in [7, 11) is 4.12. The first kappa shape index (κ1) is 15.3. The monoisotopic (exact) mass is 273 g/mol. The summed E-state index contributed by atoms with van der Waals surface area (Å²) >= 11 is 0. The van der Waals surface area contributed by atoms with E-state index in [2.05, 4.69) is 37.2 Å². The molecule has 2 rings (SSSR count). The van der Waals surface area contributed by atoms with E-state index in [0.717, 1.165) is 30.5 Å². The van der Waals surface area contributed by atoms with E-state index in [-0.39, 0.29) is 6.10 Å². The molecule has 1 saturated carbocycles. The van der Waals surface area contributed by atoms with E-state index in [1.54, 1.807) is 0 Å². The fourth-order valence-corrected chi connectivity index (χ4v) is 3.02. The number of hydrogen-bond donors (Lipinski definition) is 1. The van der Waals surface area contributed by atoms with Crippen molar-refractivity contribution in [3.05, 3.63) is 42.0 Å². The molecule has 110 valence electrons. The lowest BCUT2D eigenvalue weighted by Crippen LogP contribution is -2.25. The minimum absolute atomic E-state index is 0.322. The molecular weight excluding hydrogens is 246 g/mol. The van der Waals surface area contributed by atoms with Gasteiger partial charge in [0.25, 0.3) is 0 Å². The molecule has 2 heteroatoms. The molecule has 2 nitrogen and oxygen atoms in total. The molecule has 1 unspecified atom stereocenters. The van der Waals surface area contributed by atoms with Gasteiger partial charge in [-0.1, -0.05) is 55.7 Å². The standard InChI is InChI=1S/C18H27NO/c1-19(2)14-13-17(15-9-5-3-6-10-15)18(20)16-11-7-4-8-12-16/h3,5-6,9-10,13,16,18,20H,4,7-8,11-12,14H2,1-2H3. The number of benzene rings is 1. The van der Waals surface area contributed by atoms with Gasteiger partial charge in [0.2, 0.25) is 0 Å². The second-order valence-electron chi connectivity index (χ2n) is 6.13. The molecule has 0 saturated heterocycles. The average molecular weight is 273 g/mol. The third-order valence-corrected chi connectivity index (χ3v) is 4.20. The van der Waals surface area contributed by atoms with Gasteiger partial charge in [-0.2, -0.15) is 0 Å². The molecule has 0 aliphatic heterocycles. The van der Waals surface area contributed by atoms with Gasteiger partial charge in [-0.3, -0.25) is 0 Å². The Kier molecular flexibility index (Phi) is 5.81. The molecule has 1 N–H and O–H groups in total. The first-order chi connectivity index (χ1) is 9.68. The number of rotatable bonds is 5. The summed E-state index contributed by atoms with van der Waals surface area (Å²) in [5, 5.41) is 10.8. The minimum Gasteiger partial charge on any atom is -0.388 e. The zero-order chi connectivity index (χ0) is 14.4. The number of hydrogen-bond acceptors (Lipinski definition) is 2. The van der Waals surface area contributed by atoms with Crippen LogP contribution in [0.3, 0.4) is 0 Å². The lowest BCUT2D eigenvalue weighted by atomic mass is 9.81. The van der Waals surface area contributed by atoms with Crippen molar-refractivity contribution < 1.29 is 5.11 Å². The van der Waals surface area contributed by atoms with Crippen LogP contribution in [0.2, 0.25) is 0 Å². The lowest BCUT2D eigenvalue weighted by molar-refractivity contribution is 0.133. The molecule has 1 atom stereocenters. The Morgan fingerprint density at radius 3 is 2.45 bits per heavy atom. The quantitative estimate of drug-likeness (QED) is 0.886. The van der Waals surface area contributed by atoms with Crippen LogP contribution >= 0.6 is 0 Å². The highest BCUT2D eigenvalue weighted by molar-refractivity contribution is 5.69. The first-order valence-corrected chi connectivity index (χ1v) is 7.76. The molecule has 20 heavy (non-hydrogen) atoms. The Morgan fingerprint density at radius 2 is 1.85 bits per heavy atom. The van der Waals surface area contributed by atoms with E-state index in [9.17, 15) is 5.11 Å². The van der Waals surface area contributed by atoms with Crippen LogP contribution in [0.15, 0.2) is 36.4 Å². The van der Waals surface area contributed by atoms with Crippen LogP contribution in [-0.2, 0) is 0 Å². The summed E-state index contributed by atoms with van der Waals surface area (Å²) in [6, 6.07) is 10.3. The second kappa shape index (κ2) is 7.61. The van der Waals surface area contributed by atoms with Gasteiger partial charge in [0.1, 0.15) is 0 Å². The fourth-order valence-electron chi connectivity index (χ4n) is 3.02. The van der Waals surface area contributed by atoms with Crippen LogP contribution in [0, 0.1) is 5.92 Å². The Morgan fingerprint density at radius 1 is 1.20 bits per heavy atom. The number of aliphatic hydroxyl groups excluding tert-OH is 1. The van der Waals surface area contributed by atoms with E-state index in [4.69, 9.17) is 0 Å². The summed E-state index contributed by atoms with van der Waals surface area (Å²) in [5.41, 5.74) is 2.26. The maximum Gasteiger partial charge on any atom is 0.0821 e. The van der Waals surface area contributed by atoms with E-state index < -0.39 is 0 Å². The van der Waals surface area contributed by atoms with Crippen molar-refractivity contribution in [3.8, 4) is 0 Å². The molecule has 1 aliphatic rings. The van der Waals surface area contributed by atoms with E-state index >= 15 is 0 Å². The second-order valence-corrected chi connectivity index (χ2v) is 6.13. The third kappa shape index (κ3) is 4.19. The lowest BCUT2D eigenvalue weighted by Gasteiger charge is -2.29. The summed E-state index contributed by atoms with van der Waals surface area (Å²) < 4.78 is 0. The fraction of sp³-hybridized carbons (Fsp3) is 0.556. The van der Waals surface area contributed by atoms with Crippen LogP contribution in [0.4, 0.5) is 0 Å². The molecule has 0 spiro atoms. The Hall–Kier alpha value is -1.12. The van der Waals surface area contributed by atoms with Gasteiger partial charge in [0, 0.05) is 6.54 Å². The average Bonchev–Trinajstić information content (AvgIpc) is 2.49. The summed E-state index contributed by atoms with van der Waals surface area (Å²) in [6.07, 6.45) is 8.03. The van der Waals surface area contributed by atoms with Crippen molar-refractivity contribution >= 4 is 5.57 Å². The van der Waals surface area contributed by atoms with Crippen molar-refractivity contribution in [2.75, 3.05) is 20.6 Å². The van der Waals surface area contributed by atoms with Crippen molar-refractivity contribution in [2.24, 2.45) is 5.92 Å². The van der Waals surface area contributed by atoms with Crippen LogP contribution in [-0.4, -0.2) is 36.8 Å². The SMILES string of the molecule is CN(C)CC=C(c1ccccc1)C(O)C1CCCCC1. The topological polar surface area (TPSA) is 23.5 Å². The van der Waals surface area contributed by atoms with Crippen LogP contribution in [0.1, 0.15) is 37.7 Å². The molecule has 0 bridgehead atoms. The zero-order valence-electron chi connectivity index (χ0n) is 12.8. The Balaban J connectivity index is 2.19. The van der Waals surface area contributed by atoms with Gasteiger partial charge in [-0.05, 0) is 44.0 Å². The highest BCUT2D eigenvalue weighted by Gasteiger charge is 2.25. The van der Waals surface area contributed by atoms with Crippen molar-refractivity contribution in [3.63, 3.8) is 0 Å². The molecule has 1 aromatic rings. The zero-order valence-corrected chi connectivity index (χ0v) is 12.8. The van der Waals surface area contributed by atoms with Gasteiger partial charge in [0.05, 0.1) is 6.10 Å². The summed E-state index contributed by atoms with van der Waals surface area (Å²) in [4.78, 5) is 2.14. The van der Waals surface area contributed by atoms with E-state index in [1.165, 1.54) is 19.3 Å². The predicted octanol–water partition coefficient (Wildman–Crippen LogP) is 3.57. The van der Waals surface area contributed by atoms with E-state index in [1.807, 2.05) is 18.2 Å². The first-order valence-electron chi connectivity index (χ1n) is 7.76. The maximum atomic E-state index is 10.8. The molecule has 0 radical (unpaired) electrons. The molecule has 0 heterocycles. The van der Waals surface area contributed by atoms with Gasteiger partial charge < -0.3 is 10.0 Å². The highest BCUT2D eigenvalue weighted by atomic mass is 16.3. The number of nitrogens with zero attached hydrogens (tertiary/aromatic N) is 1. The third-order valence-electron chi connectivity index (χ3n) is 4.20. The van der Waals surface area contributed by atoms with Gasteiger partial charge in [0.15, 0.2) is 0 Å². The highest BCUT2D eigenvalue weighted by Crippen LogP contribution is 2.32. The van der Waals surface area contributed by atoms with E-state index in [0.29, 0.717) is 5.92 Å². The Labute approximate surface area is 123 Å². The smallest absolute Gasteiger partial charge is 0.0821 e. The molecule has 0 aromatic heterocycles. The predicted molar refractivity (Wildman–Crippen MR) is 85.6 cm³/mol. The summed E-state index contributed by atoms with van der Waals surface area (Å²) in [6.45, 7) is 0.869. The van der Waals surface area contributed by atoms with Crippen LogP contribution < -0.4 is 0 Å². The molecular formula is C18H27NO.